The number of aryl methyl sites for hydroxylation is 2. The molecule has 2 heterocycles. The molecule has 0 fully saturated rings. The third kappa shape index (κ3) is 2.09. The maximum Gasteiger partial charge on any atom is 0.104 e. The number of hydrogen-bond acceptors (Lipinski definition) is 2. The predicted molar refractivity (Wildman–Crippen MR) is 73.6 cm³/mol. The third-order valence-electron chi connectivity index (χ3n) is 2.99. The van der Waals surface area contributed by atoms with Crippen LogP contribution in [-0.2, 0) is 13.6 Å². The zero-order valence-corrected chi connectivity index (χ0v) is 10.6. The summed E-state index contributed by atoms with van der Waals surface area (Å²) in [6.07, 6.45) is 4.17. The highest BCUT2D eigenvalue weighted by Crippen LogP contribution is 2.17. The van der Waals surface area contributed by atoms with Crippen molar-refractivity contribution in [2.75, 3.05) is 5.32 Å². The average Bonchev–Trinajstić information content (AvgIpc) is 2.90. The Morgan fingerprint density at radius 3 is 3.00 bits per heavy atom. The fourth-order valence-corrected chi connectivity index (χ4v) is 2.12. The van der Waals surface area contributed by atoms with Crippen molar-refractivity contribution in [2.24, 2.45) is 7.05 Å². The van der Waals surface area contributed by atoms with E-state index in [1.807, 2.05) is 20.0 Å². The molecule has 92 valence electrons. The van der Waals surface area contributed by atoms with E-state index in [9.17, 15) is 0 Å². The van der Waals surface area contributed by atoms with Crippen LogP contribution in [0.3, 0.4) is 0 Å². The molecule has 0 bridgehead atoms. The van der Waals surface area contributed by atoms with Gasteiger partial charge in [0.25, 0.3) is 0 Å². The summed E-state index contributed by atoms with van der Waals surface area (Å²) in [5.41, 5.74) is 4.47. The first-order chi connectivity index (χ1) is 8.70. The summed E-state index contributed by atoms with van der Waals surface area (Å²) in [6, 6.07) is 8.31. The molecule has 18 heavy (non-hydrogen) atoms. The number of aromatic amines is 1. The minimum Gasteiger partial charge on any atom is -0.381 e. The third-order valence-corrected chi connectivity index (χ3v) is 2.99. The van der Waals surface area contributed by atoms with E-state index in [4.69, 9.17) is 0 Å². The first-order valence-electron chi connectivity index (χ1n) is 6.02. The lowest BCUT2D eigenvalue weighted by atomic mass is 10.2. The second-order valence-corrected chi connectivity index (χ2v) is 4.59. The van der Waals surface area contributed by atoms with Gasteiger partial charge in [-0.25, -0.2) is 4.98 Å². The number of aromatic nitrogens is 3. The largest absolute Gasteiger partial charge is 0.381 e. The minimum atomic E-state index is 0.833. The van der Waals surface area contributed by atoms with Crippen LogP contribution in [0.2, 0.25) is 0 Å². The Morgan fingerprint density at radius 1 is 1.33 bits per heavy atom. The number of imidazole rings is 1. The van der Waals surface area contributed by atoms with Gasteiger partial charge in [-0.05, 0) is 36.8 Å². The average molecular weight is 240 g/mol. The van der Waals surface area contributed by atoms with Gasteiger partial charge in [0.05, 0.1) is 11.0 Å². The molecular weight excluding hydrogens is 224 g/mol. The highest BCUT2D eigenvalue weighted by Gasteiger charge is 2.01. The van der Waals surface area contributed by atoms with Crippen LogP contribution in [0.15, 0.2) is 36.7 Å². The summed E-state index contributed by atoms with van der Waals surface area (Å²) >= 11 is 0. The first kappa shape index (κ1) is 10.9. The van der Waals surface area contributed by atoms with Gasteiger partial charge in [-0.1, -0.05) is 0 Å². The molecular formula is C14H16N4. The molecule has 2 aromatic heterocycles. The Hall–Kier alpha value is -2.23. The van der Waals surface area contributed by atoms with Crippen molar-refractivity contribution < 1.29 is 0 Å². The minimum absolute atomic E-state index is 0.833. The molecule has 2 N–H and O–H groups in total. The Morgan fingerprint density at radius 2 is 2.22 bits per heavy atom. The quantitative estimate of drug-likeness (QED) is 0.739. The number of fused-ring (bicyclic) bond motifs is 1. The second kappa shape index (κ2) is 4.22. The van der Waals surface area contributed by atoms with E-state index < -0.39 is 0 Å². The van der Waals surface area contributed by atoms with E-state index in [-0.39, 0.29) is 0 Å². The van der Waals surface area contributed by atoms with Crippen molar-refractivity contribution in [3.63, 3.8) is 0 Å². The van der Waals surface area contributed by atoms with Crippen molar-refractivity contribution in [1.29, 1.82) is 0 Å². The standard InChI is InChI=1S/C14H16N4/c1-10-16-13-4-3-12(7-14(13)17-10)15-8-11-5-6-18(2)9-11/h3-7,9,15H,8H2,1-2H3,(H,16,17). The molecule has 4 heteroatoms. The van der Waals surface area contributed by atoms with E-state index in [1.165, 1.54) is 5.56 Å². The van der Waals surface area contributed by atoms with E-state index >= 15 is 0 Å². The van der Waals surface area contributed by atoms with E-state index in [0.29, 0.717) is 0 Å². The molecule has 0 spiro atoms. The SMILES string of the molecule is Cc1nc2ccc(NCc3ccn(C)c3)cc2[nH]1. The lowest BCUT2D eigenvalue weighted by Crippen LogP contribution is -1.98. The van der Waals surface area contributed by atoms with Crippen molar-refractivity contribution in [3.05, 3.63) is 48.0 Å². The van der Waals surface area contributed by atoms with Crippen LogP contribution in [0.5, 0.6) is 0 Å². The molecule has 0 aliphatic rings. The molecule has 0 aliphatic carbocycles. The zero-order chi connectivity index (χ0) is 12.5. The number of nitrogens with zero attached hydrogens (tertiary/aromatic N) is 2. The molecule has 0 unspecified atom stereocenters. The van der Waals surface area contributed by atoms with E-state index in [1.54, 1.807) is 0 Å². The molecule has 0 radical (unpaired) electrons. The second-order valence-electron chi connectivity index (χ2n) is 4.59. The molecule has 0 aliphatic heterocycles. The van der Waals surface area contributed by atoms with Gasteiger partial charge in [0.2, 0.25) is 0 Å². The number of benzene rings is 1. The fraction of sp³-hybridized carbons (Fsp3) is 0.214. The Balaban J connectivity index is 1.78. The van der Waals surface area contributed by atoms with Crippen LogP contribution in [0, 0.1) is 6.92 Å². The van der Waals surface area contributed by atoms with Gasteiger partial charge in [-0.15, -0.1) is 0 Å². The number of rotatable bonds is 3. The van der Waals surface area contributed by atoms with Crippen molar-refractivity contribution in [2.45, 2.75) is 13.5 Å². The Kier molecular flexibility index (Phi) is 2.55. The van der Waals surface area contributed by atoms with Gasteiger partial charge >= 0.3 is 0 Å². The topological polar surface area (TPSA) is 45.6 Å². The summed E-state index contributed by atoms with van der Waals surface area (Å²) in [5.74, 6) is 0.949. The summed E-state index contributed by atoms with van der Waals surface area (Å²) in [6.45, 7) is 2.80. The maximum absolute atomic E-state index is 4.39. The van der Waals surface area contributed by atoms with Crippen LogP contribution < -0.4 is 5.32 Å². The van der Waals surface area contributed by atoms with Gasteiger partial charge < -0.3 is 14.9 Å². The first-order valence-corrected chi connectivity index (χ1v) is 6.02. The molecule has 3 aromatic rings. The van der Waals surface area contributed by atoms with Crippen LogP contribution in [0.25, 0.3) is 11.0 Å². The normalized spacial score (nSPS) is 11.0. The highest BCUT2D eigenvalue weighted by molar-refractivity contribution is 5.79. The predicted octanol–water partition coefficient (Wildman–Crippen LogP) is 2.82. The zero-order valence-electron chi connectivity index (χ0n) is 10.6. The number of anilines is 1. The summed E-state index contributed by atoms with van der Waals surface area (Å²) in [5, 5.41) is 3.41. The van der Waals surface area contributed by atoms with Gasteiger partial charge in [-0.3, -0.25) is 0 Å². The number of nitrogens with one attached hydrogen (secondary N) is 2. The van der Waals surface area contributed by atoms with Crippen LogP contribution >= 0.6 is 0 Å². The van der Waals surface area contributed by atoms with Crippen LogP contribution in [0.4, 0.5) is 5.69 Å². The number of H-pyrrole nitrogens is 1. The Labute approximate surface area is 106 Å². The maximum atomic E-state index is 4.39. The lowest BCUT2D eigenvalue weighted by Gasteiger charge is -2.04. The van der Waals surface area contributed by atoms with Crippen molar-refractivity contribution >= 4 is 16.7 Å². The van der Waals surface area contributed by atoms with Crippen LogP contribution in [0.1, 0.15) is 11.4 Å². The molecule has 0 saturated heterocycles. The van der Waals surface area contributed by atoms with Gasteiger partial charge in [0, 0.05) is 31.7 Å². The van der Waals surface area contributed by atoms with Gasteiger partial charge in [-0.2, -0.15) is 0 Å². The summed E-state index contributed by atoms with van der Waals surface area (Å²) < 4.78 is 2.05. The van der Waals surface area contributed by atoms with Crippen molar-refractivity contribution in [1.82, 2.24) is 14.5 Å². The van der Waals surface area contributed by atoms with Crippen LogP contribution in [-0.4, -0.2) is 14.5 Å². The molecule has 4 nitrogen and oxygen atoms in total. The molecule has 0 atom stereocenters. The monoisotopic (exact) mass is 240 g/mol. The van der Waals surface area contributed by atoms with Gasteiger partial charge in [0.1, 0.15) is 5.82 Å². The fourth-order valence-electron chi connectivity index (χ4n) is 2.12. The Bertz CT molecular complexity index is 678. The molecule has 3 rings (SSSR count). The highest BCUT2D eigenvalue weighted by atomic mass is 14.9. The summed E-state index contributed by atoms with van der Waals surface area (Å²) in [4.78, 5) is 7.64. The summed E-state index contributed by atoms with van der Waals surface area (Å²) in [7, 11) is 2.03. The smallest absolute Gasteiger partial charge is 0.104 e. The van der Waals surface area contributed by atoms with Gasteiger partial charge in [0.15, 0.2) is 0 Å². The molecule has 0 amide bonds. The molecule has 0 saturated carbocycles. The number of hydrogen-bond donors (Lipinski definition) is 2. The van der Waals surface area contributed by atoms with Crippen molar-refractivity contribution in [3.8, 4) is 0 Å². The van der Waals surface area contributed by atoms with E-state index in [0.717, 1.165) is 29.1 Å². The molecule has 1 aromatic carbocycles. The lowest BCUT2D eigenvalue weighted by molar-refractivity contribution is 0.920. The van der Waals surface area contributed by atoms with E-state index in [2.05, 4.69) is 50.4 Å².